The standard InChI is InChI=1S/C21H28N4O4.ClH/c1-13(2)8-17(21(28)29-4)24-19(26)10-14-6-5-7-16(9-14)23-20(27)18-11-15(22)12-25(18)3;/h5-7,9,11-13,17H,8,10,22H2,1-4H3,(H,23,27)(H,24,26);1H. The number of nitrogens with one attached hydrogen (secondary N) is 2. The average Bonchev–Trinajstić information content (AvgIpc) is 2.98. The molecule has 164 valence electrons. The van der Waals surface area contributed by atoms with Crippen molar-refractivity contribution in [1.29, 1.82) is 0 Å². The Balaban J connectivity index is 0.00000450. The molecular weight excluding hydrogens is 408 g/mol. The SMILES string of the molecule is COC(=O)C(CC(C)C)NC(=O)Cc1cccc(NC(=O)c2cc([NH3+])cn2C)c1.[Cl-]. The Bertz CT molecular complexity index is 895. The van der Waals surface area contributed by atoms with Crippen LogP contribution in [0.1, 0.15) is 36.3 Å². The predicted molar refractivity (Wildman–Crippen MR) is 109 cm³/mol. The summed E-state index contributed by atoms with van der Waals surface area (Å²) >= 11 is 0. The second-order valence-corrected chi connectivity index (χ2v) is 7.45. The van der Waals surface area contributed by atoms with Crippen LogP contribution in [0.2, 0.25) is 0 Å². The highest BCUT2D eigenvalue weighted by atomic mass is 35.5. The Labute approximate surface area is 182 Å². The van der Waals surface area contributed by atoms with Crippen LogP contribution >= 0.6 is 0 Å². The fourth-order valence-electron chi connectivity index (χ4n) is 3.07. The van der Waals surface area contributed by atoms with Gasteiger partial charge in [-0.2, -0.15) is 0 Å². The van der Waals surface area contributed by atoms with Gasteiger partial charge in [-0.3, -0.25) is 9.59 Å². The first-order valence-corrected chi connectivity index (χ1v) is 9.45. The van der Waals surface area contributed by atoms with E-state index in [9.17, 15) is 14.4 Å². The van der Waals surface area contributed by atoms with E-state index in [4.69, 9.17) is 4.74 Å². The third-order valence-corrected chi connectivity index (χ3v) is 4.37. The number of aryl methyl sites for hydroxylation is 1. The number of nitrogens with zero attached hydrogens (tertiary/aromatic N) is 1. The Morgan fingerprint density at radius 2 is 1.90 bits per heavy atom. The molecule has 2 rings (SSSR count). The number of ether oxygens (including phenoxy) is 1. The number of halogens is 1. The van der Waals surface area contributed by atoms with Crippen LogP contribution in [0.15, 0.2) is 36.5 Å². The van der Waals surface area contributed by atoms with Crippen molar-refractivity contribution >= 4 is 29.2 Å². The smallest absolute Gasteiger partial charge is 0.328 e. The number of quaternary nitrogens is 1. The van der Waals surface area contributed by atoms with Crippen molar-refractivity contribution in [3.05, 3.63) is 47.8 Å². The number of hydrogen-bond acceptors (Lipinski definition) is 4. The summed E-state index contributed by atoms with van der Waals surface area (Å²) in [5, 5.41) is 5.56. The quantitative estimate of drug-likeness (QED) is 0.432. The summed E-state index contributed by atoms with van der Waals surface area (Å²) in [7, 11) is 3.08. The highest BCUT2D eigenvalue weighted by Gasteiger charge is 2.22. The molecule has 0 radical (unpaired) electrons. The maximum absolute atomic E-state index is 12.4. The van der Waals surface area contributed by atoms with Crippen LogP contribution in [-0.4, -0.2) is 35.5 Å². The maximum atomic E-state index is 12.4. The van der Waals surface area contributed by atoms with E-state index >= 15 is 0 Å². The monoisotopic (exact) mass is 436 g/mol. The molecule has 0 saturated carbocycles. The van der Waals surface area contributed by atoms with Crippen LogP contribution in [-0.2, 0) is 27.8 Å². The molecule has 0 aliphatic heterocycles. The van der Waals surface area contributed by atoms with E-state index in [0.29, 0.717) is 17.8 Å². The molecule has 0 aliphatic carbocycles. The molecule has 0 saturated heterocycles. The summed E-state index contributed by atoms with van der Waals surface area (Å²) in [4.78, 5) is 36.7. The number of benzene rings is 1. The second-order valence-electron chi connectivity index (χ2n) is 7.45. The zero-order valence-corrected chi connectivity index (χ0v) is 18.5. The first-order valence-electron chi connectivity index (χ1n) is 9.45. The van der Waals surface area contributed by atoms with Gasteiger partial charge >= 0.3 is 5.97 Å². The number of hydrogen-bond donors (Lipinski definition) is 3. The van der Waals surface area contributed by atoms with Crippen molar-refractivity contribution in [2.75, 3.05) is 12.4 Å². The summed E-state index contributed by atoms with van der Waals surface area (Å²) in [6.07, 6.45) is 2.35. The first kappa shape index (κ1) is 25.2. The van der Waals surface area contributed by atoms with Crippen LogP contribution in [0.25, 0.3) is 0 Å². The fraction of sp³-hybridized carbons (Fsp3) is 0.381. The molecule has 0 spiro atoms. The van der Waals surface area contributed by atoms with Crippen LogP contribution in [0.5, 0.6) is 0 Å². The Hall–Kier alpha value is -2.84. The molecule has 1 aromatic heterocycles. The zero-order valence-electron chi connectivity index (χ0n) is 17.7. The number of carbonyl (C=O) groups is 3. The van der Waals surface area contributed by atoms with Crippen molar-refractivity contribution in [1.82, 2.24) is 9.88 Å². The molecule has 2 amide bonds. The third kappa shape index (κ3) is 7.20. The van der Waals surface area contributed by atoms with Crippen molar-refractivity contribution in [3.63, 3.8) is 0 Å². The molecule has 5 N–H and O–H groups in total. The number of esters is 1. The molecule has 1 atom stereocenters. The number of rotatable bonds is 8. The van der Waals surface area contributed by atoms with Crippen molar-refractivity contribution in [3.8, 4) is 0 Å². The Kier molecular flexibility index (Phi) is 9.55. The topological polar surface area (TPSA) is 117 Å². The predicted octanol–water partition coefficient (Wildman–Crippen LogP) is -1.60. The maximum Gasteiger partial charge on any atom is 0.328 e. The molecular formula is C21H29ClN4O4. The molecule has 30 heavy (non-hydrogen) atoms. The summed E-state index contributed by atoms with van der Waals surface area (Å²) in [5.74, 6) is -0.768. The van der Waals surface area contributed by atoms with Gasteiger partial charge in [-0.15, -0.1) is 0 Å². The van der Waals surface area contributed by atoms with Gasteiger partial charge in [-0.25, -0.2) is 4.79 Å². The lowest BCUT2D eigenvalue weighted by atomic mass is 10.0. The van der Waals surface area contributed by atoms with Gasteiger partial charge in [0.05, 0.1) is 19.7 Å². The van der Waals surface area contributed by atoms with Gasteiger partial charge in [0, 0.05) is 18.8 Å². The zero-order chi connectivity index (χ0) is 21.6. The summed E-state index contributed by atoms with van der Waals surface area (Å²) < 4.78 is 6.48. The molecule has 9 heteroatoms. The largest absolute Gasteiger partial charge is 1.00 e. The number of amides is 2. The van der Waals surface area contributed by atoms with Crippen molar-refractivity contribution in [2.24, 2.45) is 13.0 Å². The van der Waals surface area contributed by atoms with Gasteiger partial charge in [0.25, 0.3) is 5.91 Å². The summed E-state index contributed by atoms with van der Waals surface area (Å²) in [6, 6.07) is 8.08. The van der Waals surface area contributed by atoms with Gasteiger partial charge < -0.3 is 38.1 Å². The highest BCUT2D eigenvalue weighted by molar-refractivity contribution is 6.03. The second kappa shape index (κ2) is 11.4. The van der Waals surface area contributed by atoms with Crippen molar-refractivity contribution < 1.29 is 37.3 Å². The van der Waals surface area contributed by atoms with E-state index in [0.717, 1.165) is 11.3 Å². The van der Waals surface area contributed by atoms with Crippen LogP contribution in [0.3, 0.4) is 0 Å². The van der Waals surface area contributed by atoms with Crippen LogP contribution in [0, 0.1) is 5.92 Å². The van der Waals surface area contributed by atoms with E-state index in [2.05, 4.69) is 16.4 Å². The average molecular weight is 437 g/mol. The number of anilines is 1. The highest BCUT2D eigenvalue weighted by Crippen LogP contribution is 2.15. The molecule has 2 aromatic rings. The van der Waals surface area contributed by atoms with Crippen LogP contribution < -0.4 is 28.8 Å². The minimum atomic E-state index is -0.676. The van der Waals surface area contributed by atoms with E-state index in [1.807, 2.05) is 13.8 Å². The first-order chi connectivity index (χ1) is 13.7. The van der Waals surface area contributed by atoms with Gasteiger partial charge in [-0.1, -0.05) is 26.0 Å². The fourth-order valence-corrected chi connectivity index (χ4v) is 3.07. The van der Waals surface area contributed by atoms with E-state index < -0.39 is 12.0 Å². The lowest BCUT2D eigenvalue weighted by Gasteiger charge is -2.18. The van der Waals surface area contributed by atoms with E-state index in [1.54, 1.807) is 48.1 Å². The number of carbonyl (C=O) groups excluding carboxylic acids is 3. The van der Waals surface area contributed by atoms with Crippen LogP contribution in [0.4, 0.5) is 11.4 Å². The number of aromatic nitrogens is 1. The van der Waals surface area contributed by atoms with Gasteiger partial charge in [0.1, 0.15) is 17.4 Å². The molecule has 0 bridgehead atoms. The lowest BCUT2D eigenvalue weighted by molar-refractivity contribution is -0.254. The minimum Gasteiger partial charge on any atom is -1.00 e. The van der Waals surface area contributed by atoms with E-state index in [1.165, 1.54) is 7.11 Å². The van der Waals surface area contributed by atoms with Crippen molar-refractivity contribution in [2.45, 2.75) is 32.7 Å². The van der Waals surface area contributed by atoms with Gasteiger partial charge in [0.15, 0.2) is 0 Å². The normalized spacial score (nSPS) is 11.4. The van der Waals surface area contributed by atoms with E-state index in [-0.39, 0.29) is 36.6 Å². The van der Waals surface area contributed by atoms with Gasteiger partial charge in [-0.05, 0) is 30.0 Å². The molecule has 1 aromatic carbocycles. The number of methoxy groups -OCH3 is 1. The third-order valence-electron chi connectivity index (χ3n) is 4.37. The van der Waals surface area contributed by atoms with Gasteiger partial charge in [0.2, 0.25) is 5.91 Å². The molecule has 0 aliphatic rings. The summed E-state index contributed by atoms with van der Waals surface area (Å²) in [5.41, 5.74) is 6.37. The Morgan fingerprint density at radius 1 is 1.20 bits per heavy atom. The minimum absolute atomic E-state index is 0. The molecule has 0 fully saturated rings. The molecule has 1 unspecified atom stereocenters. The Morgan fingerprint density at radius 3 is 2.47 bits per heavy atom. The lowest BCUT2D eigenvalue weighted by Crippen LogP contribution is -3.00. The molecule has 1 heterocycles. The summed E-state index contributed by atoms with van der Waals surface area (Å²) in [6.45, 7) is 3.94. The molecule has 8 nitrogen and oxygen atoms in total.